The average Bonchev–Trinajstić information content (AvgIpc) is 3.33. The van der Waals surface area contributed by atoms with Crippen LogP contribution in [0.2, 0.25) is 0 Å². The molecule has 0 N–H and O–H groups in total. The van der Waals surface area contributed by atoms with Crippen molar-refractivity contribution in [3.8, 4) is 0 Å². The van der Waals surface area contributed by atoms with Crippen LogP contribution in [0.1, 0.15) is 29.8 Å². The molecule has 2 aromatic rings. The molecule has 3 heterocycles. The molecule has 2 saturated heterocycles. The van der Waals surface area contributed by atoms with Crippen LogP contribution in [0.5, 0.6) is 0 Å². The summed E-state index contributed by atoms with van der Waals surface area (Å²) in [5.74, 6) is -0.0670. The molecule has 4 rings (SSSR count). The third-order valence-electron chi connectivity index (χ3n) is 5.58. The van der Waals surface area contributed by atoms with E-state index in [0.717, 1.165) is 24.9 Å². The van der Waals surface area contributed by atoms with Crippen LogP contribution in [0.15, 0.2) is 41.3 Å². The average molecular weight is 359 g/mol. The number of carbonyl (C=O) groups is 1. The third-order valence-corrected chi connectivity index (χ3v) is 5.58. The summed E-state index contributed by atoms with van der Waals surface area (Å²) in [6.45, 7) is 1.93. The van der Waals surface area contributed by atoms with E-state index in [-0.39, 0.29) is 29.1 Å². The van der Waals surface area contributed by atoms with Gasteiger partial charge in [0.25, 0.3) is 5.91 Å². The lowest BCUT2D eigenvalue weighted by Crippen LogP contribution is -2.47. The predicted octanol–water partition coefficient (Wildman–Crippen LogP) is 2.71. The molecule has 1 amide bonds. The molecule has 2 aliphatic heterocycles. The molecule has 1 unspecified atom stereocenters. The number of ether oxygens (including phenoxy) is 1. The van der Waals surface area contributed by atoms with E-state index in [0.29, 0.717) is 19.7 Å². The number of piperidine rings is 1. The lowest BCUT2D eigenvalue weighted by atomic mass is 9.87. The smallest absolute Gasteiger partial charge is 0.291 e. The quantitative estimate of drug-likeness (QED) is 0.843. The summed E-state index contributed by atoms with van der Waals surface area (Å²) in [5, 5.41) is 0. The number of hydrogen-bond donors (Lipinski definition) is 0. The molecule has 138 valence electrons. The van der Waals surface area contributed by atoms with Crippen molar-refractivity contribution in [1.82, 2.24) is 9.88 Å². The summed E-state index contributed by atoms with van der Waals surface area (Å²) in [7, 11) is 2.02. The Hall–Kier alpha value is -2.41. The number of likely N-dealkylation sites (N-methyl/N-ethyl adjacent to an activating group) is 1. The third kappa shape index (κ3) is 3.19. The zero-order chi connectivity index (χ0) is 18.1. The van der Waals surface area contributed by atoms with Gasteiger partial charge in [0.1, 0.15) is 5.82 Å². The van der Waals surface area contributed by atoms with Crippen LogP contribution >= 0.6 is 0 Å². The van der Waals surface area contributed by atoms with Crippen molar-refractivity contribution in [2.75, 3.05) is 31.6 Å². The monoisotopic (exact) mass is 359 g/mol. The molecule has 1 atom stereocenters. The molecular formula is C19H22FN3O3. The molecule has 0 radical (unpaired) electrons. The van der Waals surface area contributed by atoms with Crippen molar-refractivity contribution in [3.63, 3.8) is 0 Å². The topological polar surface area (TPSA) is 58.8 Å². The molecule has 1 aromatic carbocycles. The number of nitrogens with zero attached hydrogens (tertiary/aromatic N) is 3. The summed E-state index contributed by atoms with van der Waals surface area (Å²) in [6.07, 6.45) is 5.24. The minimum atomic E-state index is -0.231. The first-order chi connectivity index (χ1) is 12.6. The van der Waals surface area contributed by atoms with Gasteiger partial charge in [-0.15, -0.1) is 0 Å². The molecule has 2 fully saturated rings. The van der Waals surface area contributed by atoms with Crippen molar-refractivity contribution in [3.05, 3.63) is 48.4 Å². The first-order valence-corrected chi connectivity index (χ1v) is 8.86. The number of amides is 1. The fourth-order valence-corrected chi connectivity index (χ4v) is 3.90. The summed E-state index contributed by atoms with van der Waals surface area (Å²) < 4.78 is 24.4. The molecule has 6 nitrogen and oxygen atoms in total. The number of rotatable bonds is 3. The highest BCUT2D eigenvalue weighted by Crippen LogP contribution is 2.38. The maximum Gasteiger partial charge on any atom is 0.291 e. The number of hydrogen-bond acceptors (Lipinski definition) is 5. The fourth-order valence-electron chi connectivity index (χ4n) is 3.90. The maximum absolute atomic E-state index is 13.1. The van der Waals surface area contributed by atoms with Gasteiger partial charge in [-0.3, -0.25) is 4.79 Å². The SMILES string of the molecule is CN(c1ccc(F)cc1)C1COC2(CCN(C(=O)c3cnco3)CC2)C1. The highest BCUT2D eigenvalue weighted by atomic mass is 19.1. The minimum absolute atomic E-state index is 0.115. The Kier molecular flexibility index (Phi) is 4.40. The van der Waals surface area contributed by atoms with Crippen molar-refractivity contribution in [2.45, 2.75) is 30.9 Å². The number of carbonyl (C=O) groups excluding carboxylic acids is 1. The van der Waals surface area contributed by atoms with Crippen LogP contribution in [-0.4, -0.2) is 54.2 Å². The highest BCUT2D eigenvalue weighted by molar-refractivity contribution is 5.91. The summed E-state index contributed by atoms with van der Waals surface area (Å²) in [6, 6.07) is 6.78. The van der Waals surface area contributed by atoms with Gasteiger partial charge in [0.05, 0.1) is 24.4 Å². The number of likely N-dealkylation sites (tertiary alicyclic amines) is 1. The maximum atomic E-state index is 13.1. The molecule has 7 heteroatoms. The van der Waals surface area contributed by atoms with Gasteiger partial charge in [-0.05, 0) is 43.5 Å². The second kappa shape index (κ2) is 6.72. The Morgan fingerprint density at radius 3 is 2.69 bits per heavy atom. The van der Waals surface area contributed by atoms with Gasteiger partial charge in [-0.2, -0.15) is 0 Å². The van der Waals surface area contributed by atoms with E-state index in [4.69, 9.17) is 9.15 Å². The molecular weight excluding hydrogens is 337 g/mol. The molecule has 1 aromatic heterocycles. The van der Waals surface area contributed by atoms with Gasteiger partial charge < -0.3 is 19.0 Å². The molecule has 0 aliphatic carbocycles. The van der Waals surface area contributed by atoms with Gasteiger partial charge in [0.15, 0.2) is 6.39 Å². The molecule has 26 heavy (non-hydrogen) atoms. The van der Waals surface area contributed by atoms with E-state index in [1.807, 2.05) is 7.05 Å². The Labute approximate surface area is 151 Å². The highest BCUT2D eigenvalue weighted by Gasteiger charge is 2.44. The zero-order valence-electron chi connectivity index (χ0n) is 14.7. The van der Waals surface area contributed by atoms with E-state index in [2.05, 4.69) is 9.88 Å². The van der Waals surface area contributed by atoms with Crippen LogP contribution in [0.25, 0.3) is 0 Å². The van der Waals surface area contributed by atoms with E-state index in [1.165, 1.54) is 24.7 Å². The Morgan fingerprint density at radius 2 is 2.04 bits per heavy atom. The fraction of sp³-hybridized carbons (Fsp3) is 0.474. The van der Waals surface area contributed by atoms with Crippen LogP contribution in [0, 0.1) is 5.82 Å². The number of oxazole rings is 1. The predicted molar refractivity (Wildman–Crippen MR) is 93.5 cm³/mol. The van der Waals surface area contributed by atoms with Crippen LogP contribution in [0.3, 0.4) is 0 Å². The van der Waals surface area contributed by atoms with Crippen molar-refractivity contribution >= 4 is 11.6 Å². The standard InChI is InChI=1S/C19H22FN3O3/c1-22(15-4-2-14(20)3-5-15)16-10-19(26-12-16)6-8-23(9-7-19)18(24)17-11-21-13-25-17/h2-5,11,13,16H,6-10,12H2,1H3. The first-order valence-electron chi connectivity index (χ1n) is 8.86. The van der Waals surface area contributed by atoms with Gasteiger partial charge in [-0.25, -0.2) is 9.37 Å². The molecule has 0 bridgehead atoms. The lowest BCUT2D eigenvalue weighted by molar-refractivity contribution is -0.0392. The number of anilines is 1. The Balaban J connectivity index is 1.36. The van der Waals surface area contributed by atoms with Crippen LogP contribution < -0.4 is 4.90 Å². The van der Waals surface area contributed by atoms with Crippen LogP contribution in [0.4, 0.5) is 10.1 Å². The van der Waals surface area contributed by atoms with Crippen LogP contribution in [-0.2, 0) is 4.74 Å². The second-order valence-electron chi connectivity index (χ2n) is 7.10. The van der Waals surface area contributed by atoms with Gasteiger partial charge in [0.2, 0.25) is 5.76 Å². The molecule has 2 aliphatic rings. The number of benzene rings is 1. The number of halogens is 1. The molecule has 0 saturated carbocycles. The first kappa shape index (κ1) is 17.0. The number of aromatic nitrogens is 1. The zero-order valence-corrected chi connectivity index (χ0v) is 14.7. The summed E-state index contributed by atoms with van der Waals surface area (Å²) in [4.78, 5) is 20.1. The van der Waals surface area contributed by atoms with Crippen molar-refractivity contribution < 1.29 is 18.3 Å². The second-order valence-corrected chi connectivity index (χ2v) is 7.10. The van der Waals surface area contributed by atoms with Gasteiger partial charge in [-0.1, -0.05) is 0 Å². The van der Waals surface area contributed by atoms with E-state index in [1.54, 1.807) is 17.0 Å². The Bertz CT molecular complexity index is 755. The minimum Gasteiger partial charge on any atom is -0.438 e. The van der Waals surface area contributed by atoms with Crippen molar-refractivity contribution in [2.24, 2.45) is 0 Å². The van der Waals surface area contributed by atoms with E-state index < -0.39 is 0 Å². The summed E-state index contributed by atoms with van der Waals surface area (Å²) in [5.41, 5.74) is 0.798. The van der Waals surface area contributed by atoms with Gasteiger partial charge >= 0.3 is 0 Å². The van der Waals surface area contributed by atoms with Crippen molar-refractivity contribution in [1.29, 1.82) is 0 Å². The largest absolute Gasteiger partial charge is 0.438 e. The lowest BCUT2D eigenvalue weighted by Gasteiger charge is -2.38. The van der Waals surface area contributed by atoms with E-state index >= 15 is 0 Å². The van der Waals surface area contributed by atoms with Gasteiger partial charge in [0, 0.05) is 25.8 Å². The Morgan fingerprint density at radius 1 is 1.31 bits per heavy atom. The normalized spacial score (nSPS) is 21.9. The van der Waals surface area contributed by atoms with E-state index in [9.17, 15) is 9.18 Å². The molecule has 1 spiro atoms. The summed E-state index contributed by atoms with van der Waals surface area (Å²) >= 11 is 0.